The van der Waals surface area contributed by atoms with Gasteiger partial charge in [-0.05, 0) is 30.9 Å². The third kappa shape index (κ3) is 2.95. The number of aromatic nitrogens is 1. The van der Waals surface area contributed by atoms with E-state index in [2.05, 4.69) is 56.6 Å². The standard InChI is InChI=1S/C13H22N2/c1-6-15(7-2)12-9-8-11(10-14-12)13(3,4)5/h8-10H,6-7H2,1-5H3. The van der Waals surface area contributed by atoms with Crippen molar-refractivity contribution in [1.82, 2.24) is 4.98 Å². The smallest absolute Gasteiger partial charge is 0.128 e. The lowest BCUT2D eigenvalue weighted by atomic mass is 9.88. The predicted octanol–water partition coefficient (Wildman–Crippen LogP) is 3.23. The summed E-state index contributed by atoms with van der Waals surface area (Å²) in [7, 11) is 0. The zero-order chi connectivity index (χ0) is 11.5. The van der Waals surface area contributed by atoms with E-state index in [0.29, 0.717) is 0 Å². The zero-order valence-corrected chi connectivity index (χ0v) is 10.5. The average molecular weight is 206 g/mol. The number of nitrogens with zero attached hydrogens (tertiary/aromatic N) is 2. The lowest BCUT2D eigenvalue weighted by Gasteiger charge is -2.22. The van der Waals surface area contributed by atoms with Crippen LogP contribution in [0.3, 0.4) is 0 Å². The van der Waals surface area contributed by atoms with Crippen molar-refractivity contribution in [1.29, 1.82) is 0 Å². The SMILES string of the molecule is CCN(CC)c1ccc(C(C)(C)C)cn1. The molecule has 1 heterocycles. The number of hydrogen-bond acceptors (Lipinski definition) is 2. The molecule has 2 heteroatoms. The van der Waals surface area contributed by atoms with E-state index in [9.17, 15) is 0 Å². The summed E-state index contributed by atoms with van der Waals surface area (Å²) in [5, 5.41) is 0. The van der Waals surface area contributed by atoms with E-state index in [-0.39, 0.29) is 5.41 Å². The van der Waals surface area contributed by atoms with Gasteiger partial charge < -0.3 is 4.90 Å². The van der Waals surface area contributed by atoms with Gasteiger partial charge in [0, 0.05) is 19.3 Å². The Balaban J connectivity index is 2.89. The largest absolute Gasteiger partial charge is 0.357 e. The molecule has 0 amide bonds. The Bertz CT molecular complexity index is 291. The van der Waals surface area contributed by atoms with E-state index < -0.39 is 0 Å². The molecule has 0 saturated heterocycles. The highest BCUT2D eigenvalue weighted by atomic mass is 15.2. The van der Waals surface area contributed by atoms with E-state index in [4.69, 9.17) is 0 Å². The third-order valence-corrected chi connectivity index (χ3v) is 2.70. The van der Waals surface area contributed by atoms with Gasteiger partial charge in [0.25, 0.3) is 0 Å². The van der Waals surface area contributed by atoms with Crippen LogP contribution in [-0.4, -0.2) is 18.1 Å². The van der Waals surface area contributed by atoms with Crippen molar-refractivity contribution in [3.63, 3.8) is 0 Å². The summed E-state index contributed by atoms with van der Waals surface area (Å²) in [6.07, 6.45) is 1.99. The fourth-order valence-corrected chi connectivity index (χ4v) is 1.56. The van der Waals surface area contributed by atoms with Crippen molar-refractivity contribution in [2.75, 3.05) is 18.0 Å². The molecule has 1 rings (SSSR count). The van der Waals surface area contributed by atoms with Gasteiger partial charge in [-0.25, -0.2) is 4.98 Å². The van der Waals surface area contributed by atoms with Crippen LogP contribution in [0.1, 0.15) is 40.2 Å². The summed E-state index contributed by atoms with van der Waals surface area (Å²) in [6, 6.07) is 4.30. The van der Waals surface area contributed by atoms with E-state index in [1.165, 1.54) is 5.56 Å². The first-order valence-corrected chi connectivity index (χ1v) is 5.70. The second-order valence-electron chi connectivity index (χ2n) is 4.83. The quantitative estimate of drug-likeness (QED) is 0.755. The van der Waals surface area contributed by atoms with Crippen LogP contribution in [0, 0.1) is 0 Å². The molecule has 84 valence electrons. The molecule has 0 atom stereocenters. The normalized spacial score (nSPS) is 11.5. The van der Waals surface area contributed by atoms with Crippen molar-refractivity contribution in [3.8, 4) is 0 Å². The fourth-order valence-electron chi connectivity index (χ4n) is 1.56. The minimum atomic E-state index is 0.189. The number of anilines is 1. The lowest BCUT2D eigenvalue weighted by molar-refractivity contribution is 0.587. The summed E-state index contributed by atoms with van der Waals surface area (Å²) in [6.45, 7) is 13.0. The first-order valence-electron chi connectivity index (χ1n) is 5.70. The summed E-state index contributed by atoms with van der Waals surface area (Å²) in [5.74, 6) is 1.08. The van der Waals surface area contributed by atoms with Crippen molar-refractivity contribution >= 4 is 5.82 Å². The molecule has 0 unspecified atom stereocenters. The van der Waals surface area contributed by atoms with Crippen LogP contribution < -0.4 is 4.90 Å². The van der Waals surface area contributed by atoms with Gasteiger partial charge in [-0.15, -0.1) is 0 Å². The minimum absolute atomic E-state index is 0.189. The highest BCUT2D eigenvalue weighted by Crippen LogP contribution is 2.22. The van der Waals surface area contributed by atoms with E-state index in [0.717, 1.165) is 18.9 Å². The first kappa shape index (κ1) is 12.0. The third-order valence-electron chi connectivity index (χ3n) is 2.70. The Hall–Kier alpha value is -1.05. The molecule has 0 aromatic carbocycles. The van der Waals surface area contributed by atoms with Gasteiger partial charge in [-0.2, -0.15) is 0 Å². The monoisotopic (exact) mass is 206 g/mol. The summed E-state index contributed by atoms with van der Waals surface area (Å²) in [4.78, 5) is 6.77. The molecule has 0 aliphatic heterocycles. The Kier molecular flexibility index (Phi) is 3.72. The van der Waals surface area contributed by atoms with Crippen LogP contribution in [0.5, 0.6) is 0 Å². The predicted molar refractivity (Wildman–Crippen MR) is 66.5 cm³/mol. The lowest BCUT2D eigenvalue weighted by Crippen LogP contribution is -2.23. The Morgan fingerprint density at radius 2 is 1.73 bits per heavy atom. The minimum Gasteiger partial charge on any atom is -0.357 e. The van der Waals surface area contributed by atoms with Gasteiger partial charge in [0.05, 0.1) is 0 Å². The molecule has 0 radical (unpaired) electrons. The summed E-state index contributed by atoms with van der Waals surface area (Å²) in [5.41, 5.74) is 1.48. The van der Waals surface area contributed by atoms with Crippen LogP contribution in [0.15, 0.2) is 18.3 Å². The summed E-state index contributed by atoms with van der Waals surface area (Å²) >= 11 is 0. The van der Waals surface area contributed by atoms with Crippen molar-refractivity contribution in [3.05, 3.63) is 23.9 Å². The van der Waals surface area contributed by atoms with Crippen molar-refractivity contribution in [2.24, 2.45) is 0 Å². The fraction of sp³-hybridized carbons (Fsp3) is 0.615. The number of pyridine rings is 1. The molecular formula is C13H22N2. The Morgan fingerprint density at radius 1 is 1.13 bits per heavy atom. The molecule has 0 N–H and O–H groups in total. The maximum absolute atomic E-state index is 4.51. The van der Waals surface area contributed by atoms with Gasteiger partial charge in [0.15, 0.2) is 0 Å². The van der Waals surface area contributed by atoms with E-state index in [1.807, 2.05) is 6.20 Å². The van der Waals surface area contributed by atoms with Gasteiger partial charge in [0.1, 0.15) is 5.82 Å². The van der Waals surface area contributed by atoms with Crippen LogP contribution >= 0.6 is 0 Å². The maximum atomic E-state index is 4.51. The van der Waals surface area contributed by atoms with Gasteiger partial charge in [-0.3, -0.25) is 0 Å². The van der Waals surface area contributed by atoms with E-state index in [1.54, 1.807) is 0 Å². The van der Waals surface area contributed by atoms with Gasteiger partial charge in [0.2, 0.25) is 0 Å². The van der Waals surface area contributed by atoms with Crippen LogP contribution in [-0.2, 0) is 5.41 Å². The molecule has 0 saturated carbocycles. The molecule has 1 aromatic rings. The van der Waals surface area contributed by atoms with Gasteiger partial charge in [-0.1, -0.05) is 26.8 Å². The van der Waals surface area contributed by atoms with Crippen LogP contribution in [0.2, 0.25) is 0 Å². The topological polar surface area (TPSA) is 16.1 Å². The van der Waals surface area contributed by atoms with Crippen molar-refractivity contribution in [2.45, 2.75) is 40.0 Å². The number of hydrogen-bond donors (Lipinski definition) is 0. The second kappa shape index (κ2) is 4.65. The highest BCUT2D eigenvalue weighted by molar-refractivity contribution is 5.40. The molecule has 1 aromatic heterocycles. The number of rotatable bonds is 3. The molecule has 15 heavy (non-hydrogen) atoms. The summed E-state index contributed by atoms with van der Waals surface area (Å²) < 4.78 is 0. The Labute approximate surface area is 93.3 Å². The second-order valence-corrected chi connectivity index (χ2v) is 4.83. The Morgan fingerprint density at radius 3 is 2.07 bits per heavy atom. The molecule has 0 aliphatic carbocycles. The van der Waals surface area contributed by atoms with Crippen molar-refractivity contribution < 1.29 is 0 Å². The van der Waals surface area contributed by atoms with E-state index >= 15 is 0 Å². The zero-order valence-electron chi connectivity index (χ0n) is 10.5. The molecular weight excluding hydrogens is 184 g/mol. The molecule has 0 spiro atoms. The van der Waals surface area contributed by atoms with Gasteiger partial charge >= 0.3 is 0 Å². The molecule has 2 nitrogen and oxygen atoms in total. The first-order chi connectivity index (χ1) is 6.99. The highest BCUT2D eigenvalue weighted by Gasteiger charge is 2.14. The van der Waals surface area contributed by atoms with Crippen LogP contribution in [0.4, 0.5) is 5.82 Å². The molecule has 0 aliphatic rings. The molecule has 0 bridgehead atoms. The maximum Gasteiger partial charge on any atom is 0.128 e. The molecule has 0 fully saturated rings. The average Bonchev–Trinajstić information content (AvgIpc) is 2.19. The van der Waals surface area contributed by atoms with Crippen LogP contribution in [0.25, 0.3) is 0 Å².